The van der Waals surface area contributed by atoms with Crippen LogP contribution in [-0.4, -0.2) is 33.3 Å². The molecule has 2 aromatic heterocycles. The molecule has 142 valence electrons. The van der Waals surface area contributed by atoms with E-state index in [0.717, 1.165) is 12.1 Å². The summed E-state index contributed by atoms with van der Waals surface area (Å²) in [5.74, 6) is -1.18. The molecule has 0 aliphatic carbocycles. The maximum absolute atomic E-state index is 15.0. The van der Waals surface area contributed by atoms with Gasteiger partial charge in [-0.2, -0.15) is 19.6 Å². The zero-order chi connectivity index (χ0) is 19.7. The molecule has 0 saturated heterocycles. The number of halogens is 2. The Kier molecular flexibility index (Phi) is 4.60. The summed E-state index contributed by atoms with van der Waals surface area (Å²) in [6.07, 6.45) is 1.33. The first-order chi connectivity index (χ1) is 13.6. The lowest BCUT2D eigenvalue weighted by atomic mass is 9.98. The Morgan fingerprint density at radius 2 is 1.75 bits per heavy atom. The summed E-state index contributed by atoms with van der Waals surface area (Å²) in [4.78, 5) is 8.42. The Balaban J connectivity index is 2.14. The monoisotopic (exact) mass is 382 g/mol. The van der Waals surface area contributed by atoms with E-state index < -0.39 is 11.6 Å². The largest absolute Gasteiger partial charge is 0.497 e. The predicted octanol–water partition coefficient (Wildman–Crippen LogP) is 4.14. The van der Waals surface area contributed by atoms with E-state index >= 15 is 0 Å². The van der Waals surface area contributed by atoms with Gasteiger partial charge >= 0.3 is 0 Å². The zero-order valence-corrected chi connectivity index (χ0v) is 15.2. The molecule has 0 aliphatic rings. The van der Waals surface area contributed by atoms with Crippen LogP contribution in [0.4, 0.5) is 8.78 Å². The topological polar surface area (TPSA) is 61.5 Å². The average Bonchev–Trinajstić information content (AvgIpc) is 3.16. The molecule has 4 rings (SSSR count). The molecule has 0 bridgehead atoms. The van der Waals surface area contributed by atoms with Gasteiger partial charge in [0.05, 0.1) is 30.5 Å². The molecule has 28 heavy (non-hydrogen) atoms. The normalized spacial score (nSPS) is 11.0. The van der Waals surface area contributed by atoms with Crippen molar-refractivity contribution in [3.63, 3.8) is 0 Å². The van der Waals surface area contributed by atoms with Gasteiger partial charge in [-0.25, -0.2) is 8.78 Å². The molecule has 0 unspecified atom stereocenters. The quantitative estimate of drug-likeness (QED) is 0.519. The Bertz CT molecular complexity index is 1120. The van der Waals surface area contributed by atoms with E-state index in [4.69, 9.17) is 9.47 Å². The minimum absolute atomic E-state index is 0.0739. The lowest BCUT2D eigenvalue weighted by Gasteiger charge is -2.17. The molecule has 0 N–H and O–H groups in total. The van der Waals surface area contributed by atoms with Gasteiger partial charge in [-0.05, 0) is 6.92 Å². The summed E-state index contributed by atoms with van der Waals surface area (Å²) in [6, 6.07) is 11.4. The van der Waals surface area contributed by atoms with Crippen LogP contribution in [0.15, 0.2) is 48.8 Å². The van der Waals surface area contributed by atoms with Gasteiger partial charge in [-0.1, -0.05) is 30.3 Å². The number of rotatable bonds is 5. The molecule has 4 aromatic rings. The summed E-state index contributed by atoms with van der Waals surface area (Å²) in [7, 11) is 1.35. The third kappa shape index (κ3) is 2.92. The van der Waals surface area contributed by atoms with Crippen molar-refractivity contribution in [1.29, 1.82) is 0 Å². The third-order valence-electron chi connectivity index (χ3n) is 4.22. The van der Waals surface area contributed by atoms with E-state index in [1.807, 2.05) is 30.3 Å². The molecule has 0 amide bonds. The second kappa shape index (κ2) is 7.22. The van der Waals surface area contributed by atoms with Crippen molar-refractivity contribution in [3.8, 4) is 34.0 Å². The van der Waals surface area contributed by atoms with Gasteiger partial charge in [-0.15, -0.1) is 0 Å². The molecule has 2 heterocycles. The number of hydrogen-bond acceptors (Lipinski definition) is 5. The summed E-state index contributed by atoms with van der Waals surface area (Å²) in [6.45, 7) is 2.03. The van der Waals surface area contributed by atoms with Gasteiger partial charge < -0.3 is 9.47 Å². The van der Waals surface area contributed by atoms with Crippen LogP contribution in [0.25, 0.3) is 28.2 Å². The van der Waals surface area contributed by atoms with Crippen LogP contribution in [0, 0.1) is 11.6 Å². The second-order valence-corrected chi connectivity index (χ2v) is 5.88. The molecule has 8 heteroatoms. The average molecular weight is 382 g/mol. The highest BCUT2D eigenvalue weighted by Gasteiger charge is 2.26. The highest BCUT2D eigenvalue weighted by Crippen LogP contribution is 2.41. The molecular formula is C20H16F2N4O2. The standard InChI is InChI=1S/C20H16F2N4O2/c1-3-28-19-17(16-14(21)9-13(27-2)10-15(16)22)18(12-7-5-4-6-8-12)26-20(25-19)23-11-24-26/h4-11H,3H2,1-2H3. The first-order valence-electron chi connectivity index (χ1n) is 8.59. The fraction of sp³-hybridized carbons (Fsp3) is 0.150. The van der Waals surface area contributed by atoms with Crippen molar-refractivity contribution in [2.75, 3.05) is 13.7 Å². The maximum atomic E-state index is 15.0. The Hall–Kier alpha value is -3.55. The first-order valence-corrected chi connectivity index (χ1v) is 8.59. The molecule has 0 radical (unpaired) electrons. The Morgan fingerprint density at radius 3 is 2.39 bits per heavy atom. The number of benzene rings is 2. The van der Waals surface area contributed by atoms with Crippen LogP contribution >= 0.6 is 0 Å². The second-order valence-electron chi connectivity index (χ2n) is 5.88. The zero-order valence-electron chi connectivity index (χ0n) is 15.2. The van der Waals surface area contributed by atoms with Crippen molar-refractivity contribution in [1.82, 2.24) is 19.6 Å². The number of aromatic nitrogens is 4. The van der Waals surface area contributed by atoms with Crippen LogP contribution in [-0.2, 0) is 0 Å². The van der Waals surface area contributed by atoms with Crippen LogP contribution in [0.2, 0.25) is 0 Å². The van der Waals surface area contributed by atoms with Crippen LogP contribution in [0.5, 0.6) is 11.6 Å². The lowest BCUT2D eigenvalue weighted by Crippen LogP contribution is -2.07. The molecular weight excluding hydrogens is 366 g/mol. The van der Waals surface area contributed by atoms with E-state index in [9.17, 15) is 8.78 Å². The van der Waals surface area contributed by atoms with Gasteiger partial charge in [-0.3, -0.25) is 0 Å². The van der Waals surface area contributed by atoms with Crippen molar-refractivity contribution in [2.45, 2.75) is 6.92 Å². The molecule has 0 saturated carbocycles. The number of nitrogens with zero attached hydrogens (tertiary/aromatic N) is 4. The Labute approximate surface area is 159 Å². The van der Waals surface area contributed by atoms with E-state index in [-0.39, 0.29) is 35.1 Å². The van der Waals surface area contributed by atoms with E-state index in [0.29, 0.717) is 11.3 Å². The number of ether oxygens (including phenoxy) is 2. The van der Waals surface area contributed by atoms with Crippen molar-refractivity contribution < 1.29 is 18.3 Å². The van der Waals surface area contributed by atoms with E-state index in [2.05, 4.69) is 15.1 Å². The molecule has 0 atom stereocenters. The van der Waals surface area contributed by atoms with Gasteiger partial charge in [0.25, 0.3) is 5.78 Å². The van der Waals surface area contributed by atoms with Gasteiger partial charge in [0.1, 0.15) is 23.7 Å². The highest BCUT2D eigenvalue weighted by molar-refractivity contribution is 5.86. The predicted molar refractivity (Wildman–Crippen MR) is 99.3 cm³/mol. The minimum Gasteiger partial charge on any atom is -0.497 e. The molecule has 0 aliphatic heterocycles. The number of methoxy groups -OCH3 is 1. The summed E-state index contributed by atoms with van der Waals surface area (Å²) in [5.41, 5.74) is 0.997. The van der Waals surface area contributed by atoms with Crippen LogP contribution in [0.3, 0.4) is 0 Å². The van der Waals surface area contributed by atoms with Gasteiger partial charge in [0.15, 0.2) is 0 Å². The molecule has 0 spiro atoms. The van der Waals surface area contributed by atoms with Crippen LogP contribution < -0.4 is 9.47 Å². The van der Waals surface area contributed by atoms with Crippen molar-refractivity contribution in [3.05, 3.63) is 60.4 Å². The minimum atomic E-state index is -0.795. The fourth-order valence-corrected chi connectivity index (χ4v) is 3.06. The summed E-state index contributed by atoms with van der Waals surface area (Å²) in [5, 5.41) is 4.19. The number of fused-ring (bicyclic) bond motifs is 1. The van der Waals surface area contributed by atoms with Crippen molar-refractivity contribution >= 4 is 5.78 Å². The van der Waals surface area contributed by atoms with Gasteiger partial charge in [0, 0.05) is 17.7 Å². The van der Waals surface area contributed by atoms with Gasteiger partial charge in [0.2, 0.25) is 5.88 Å². The first kappa shape index (κ1) is 17.8. The number of hydrogen-bond donors (Lipinski definition) is 0. The highest BCUT2D eigenvalue weighted by atomic mass is 19.1. The lowest BCUT2D eigenvalue weighted by molar-refractivity contribution is 0.328. The summed E-state index contributed by atoms with van der Waals surface area (Å²) < 4.78 is 42.0. The third-order valence-corrected chi connectivity index (χ3v) is 4.22. The molecule has 0 fully saturated rings. The van der Waals surface area contributed by atoms with Crippen LogP contribution in [0.1, 0.15) is 6.92 Å². The SMILES string of the molecule is CCOc1nc2ncnn2c(-c2ccccc2)c1-c1c(F)cc(OC)cc1F. The van der Waals surface area contributed by atoms with Crippen molar-refractivity contribution in [2.24, 2.45) is 0 Å². The maximum Gasteiger partial charge on any atom is 0.256 e. The molecule has 2 aromatic carbocycles. The summed E-state index contributed by atoms with van der Waals surface area (Å²) >= 11 is 0. The van der Waals surface area contributed by atoms with E-state index in [1.165, 1.54) is 18.0 Å². The molecule has 6 nitrogen and oxygen atoms in total. The fourth-order valence-electron chi connectivity index (χ4n) is 3.06. The Morgan fingerprint density at radius 1 is 1.04 bits per heavy atom. The smallest absolute Gasteiger partial charge is 0.256 e. The van der Waals surface area contributed by atoms with E-state index in [1.54, 1.807) is 6.92 Å².